The average Bonchev–Trinajstić information content (AvgIpc) is 2.21. The smallest absolute Gasteiger partial charge is 0.143 e. The molecule has 1 aromatic carbocycles. The number of ketones is 1. The summed E-state index contributed by atoms with van der Waals surface area (Å²) in [7, 11) is 1.95. The van der Waals surface area contributed by atoms with Crippen molar-refractivity contribution in [2.24, 2.45) is 0 Å². The molecule has 0 spiro atoms. The summed E-state index contributed by atoms with van der Waals surface area (Å²) in [6.45, 7) is 6.97. The molecule has 0 unspecified atom stereocenters. The van der Waals surface area contributed by atoms with Crippen LogP contribution in [0.2, 0.25) is 0 Å². The fourth-order valence-electron chi connectivity index (χ4n) is 1.33. The molecule has 0 heterocycles. The Kier molecular flexibility index (Phi) is 7.56. The highest BCUT2D eigenvalue weighted by Crippen LogP contribution is 2.01. The number of nitrogens with zero attached hydrogens (tertiary/aromatic N) is 1. The van der Waals surface area contributed by atoms with Gasteiger partial charge in [0.1, 0.15) is 5.78 Å². The summed E-state index contributed by atoms with van der Waals surface area (Å²) < 4.78 is 0. The van der Waals surface area contributed by atoms with E-state index in [2.05, 4.69) is 12.1 Å². The molecule has 1 aromatic rings. The van der Waals surface area contributed by atoms with Crippen molar-refractivity contribution in [3.63, 3.8) is 0 Å². The van der Waals surface area contributed by atoms with Crippen LogP contribution in [0.4, 0.5) is 0 Å². The normalized spacial score (nSPS) is 9.40. The van der Waals surface area contributed by atoms with E-state index in [4.69, 9.17) is 0 Å². The van der Waals surface area contributed by atoms with E-state index < -0.39 is 0 Å². The van der Waals surface area contributed by atoms with Gasteiger partial charge in [0.05, 0.1) is 6.54 Å². The number of carbonyl (C=O) groups is 1. The lowest BCUT2D eigenvalue weighted by molar-refractivity contribution is -0.117. The first kappa shape index (κ1) is 13.8. The van der Waals surface area contributed by atoms with Crippen LogP contribution in [0.25, 0.3) is 0 Å². The van der Waals surface area contributed by atoms with Crippen LogP contribution in [-0.2, 0) is 11.3 Å². The van der Waals surface area contributed by atoms with Gasteiger partial charge < -0.3 is 0 Å². The summed E-state index contributed by atoms with van der Waals surface area (Å²) >= 11 is 0. The predicted molar refractivity (Wildman–Crippen MR) is 64.8 cm³/mol. The number of hydrogen-bond acceptors (Lipinski definition) is 2. The number of hydrogen-bond donors (Lipinski definition) is 0. The molecule has 0 aromatic heterocycles. The second-order valence-corrected chi connectivity index (χ2v) is 3.36. The van der Waals surface area contributed by atoms with Gasteiger partial charge in [-0.25, -0.2) is 0 Å². The zero-order chi connectivity index (χ0) is 11.7. The number of rotatable bonds is 4. The van der Waals surface area contributed by atoms with E-state index in [0.29, 0.717) is 6.54 Å². The van der Waals surface area contributed by atoms with E-state index >= 15 is 0 Å². The average molecular weight is 207 g/mol. The molecule has 84 valence electrons. The van der Waals surface area contributed by atoms with Crippen LogP contribution in [0.5, 0.6) is 0 Å². The van der Waals surface area contributed by atoms with Crippen molar-refractivity contribution in [1.82, 2.24) is 4.90 Å². The monoisotopic (exact) mass is 207 g/mol. The van der Waals surface area contributed by atoms with E-state index in [-0.39, 0.29) is 5.78 Å². The topological polar surface area (TPSA) is 20.3 Å². The van der Waals surface area contributed by atoms with Crippen LogP contribution in [0, 0.1) is 0 Å². The molecule has 2 nitrogen and oxygen atoms in total. The highest BCUT2D eigenvalue weighted by atomic mass is 16.1. The molecule has 0 atom stereocenters. The predicted octanol–water partition coefficient (Wildman–Crippen LogP) is 2.73. The molecule has 0 amide bonds. The Morgan fingerprint density at radius 1 is 1.20 bits per heavy atom. The Morgan fingerprint density at radius 2 is 1.73 bits per heavy atom. The molecular weight excluding hydrogens is 186 g/mol. The zero-order valence-corrected chi connectivity index (χ0v) is 10.2. The van der Waals surface area contributed by atoms with Crippen LogP contribution in [0.3, 0.4) is 0 Å². The molecule has 0 aliphatic heterocycles. The number of benzene rings is 1. The summed E-state index contributed by atoms with van der Waals surface area (Å²) in [5.41, 5.74) is 1.24. The summed E-state index contributed by atoms with van der Waals surface area (Å²) in [5, 5.41) is 0. The van der Waals surface area contributed by atoms with Crippen molar-refractivity contribution in [3.8, 4) is 0 Å². The Hall–Kier alpha value is -1.15. The first-order valence-electron chi connectivity index (χ1n) is 5.40. The van der Waals surface area contributed by atoms with Crippen LogP contribution < -0.4 is 0 Å². The molecule has 1 rings (SSSR count). The Bertz CT molecular complexity index is 269. The minimum Gasteiger partial charge on any atom is -0.299 e. The minimum absolute atomic E-state index is 0.207. The molecule has 0 N–H and O–H groups in total. The quantitative estimate of drug-likeness (QED) is 0.756. The Labute approximate surface area is 92.9 Å². The largest absolute Gasteiger partial charge is 0.299 e. The molecule has 15 heavy (non-hydrogen) atoms. The third kappa shape index (κ3) is 6.86. The maximum atomic E-state index is 10.8. The van der Waals surface area contributed by atoms with Gasteiger partial charge in [-0.2, -0.15) is 0 Å². The van der Waals surface area contributed by atoms with E-state index in [0.717, 1.165) is 6.54 Å². The van der Waals surface area contributed by atoms with Gasteiger partial charge in [0.2, 0.25) is 0 Å². The Morgan fingerprint density at radius 3 is 2.20 bits per heavy atom. The van der Waals surface area contributed by atoms with Gasteiger partial charge in [-0.3, -0.25) is 9.69 Å². The van der Waals surface area contributed by atoms with Gasteiger partial charge >= 0.3 is 0 Å². The van der Waals surface area contributed by atoms with E-state index in [1.165, 1.54) is 5.56 Å². The molecule has 2 heteroatoms. The lowest BCUT2D eigenvalue weighted by Crippen LogP contribution is -2.23. The van der Waals surface area contributed by atoms with Gasteiger partial charge in [0.25, 0.3) is 0 Å². The van der Waals surface area contributed by atoms with Crippen molar-refractivity contribution < 1.29 is 4.79 Å². The molecule has 0 bridgehead atoms. The third-order valence-corrected chi connectivity index (χ3v) is 1.79. The number of carbonyl (C=O) groups excluding carboxylic acids is 1. The van der Waals surface area contributed by atoms with E-state index in [9.17, 15) is 4.79 Å². The van der Waals surface area contributed by atoms with Crippen molar-refractivity contribution >= 4 is 5.78 Å². The first-order valence-corrected chi connectivity index (χ1v) is 5.40. The lowest BCUT2D eigenvalue weighted by Gasteiger charge is -2.14. The summed E-state index contributed by atoms with van der Waals surface area (Å²) in [6, 6.07) is 10.1. The first-order chi connectivity index (χ1) is 7.18. The molecule has 0 fully saturated rings. The SMILES string of the molecule is CC.CC(=O)CN(C)Cc1ccccc1. The molecular formula is C13H21NO. The van der Waals surface area contributed by atoms with Gasteiger partial charge in [0.15, 0.2) is 0 Å². The van der Waals surface area contributed by atoms with Gasteiger partial charge in [0, 0.05) is 6.54 Å². The van der Waals surface area contributed by atoms with Crippen LogP contribution in [0.1, 0.15) is 26.3 Å². The summed E-state index contributed by atoms with van der Waals surface area (Å²) in [6.07, 6.45) is 0. The van der Waals surface area contributed by atoms with Gasteiger partial charge in [-0.05, 0) is 19.5 Å². The van der Waals surface area contributed by atoms with E-state index in [1.807, 2.05) is 44.0 Å². The van der Waals surface area contributed by atoms with Crippen molar-refractivity contribution in [2.45, 2.75) is 27.3 Å². The lowest BCUT2D eigenvalue weighted by atomic mass is 10.2. The van der Waals surface area contributed by atoms with Crippen LogP contribution in [-0.4, -0.2) is 24.3 Å². The summed E-state index contributed by atoms with van der Waals surface area (Å²) in [4.78, 5) is 12.8. The third-order valence-electron chi connectivity index (χ3n) is 1.79. The maximum absolute atomic E-state index is 10.8. The zero-order valence-electron chi connectivity index (χ0n) is 10.2. The van der Waals surface area contributed by atoms with Gasteiger partial charge in [-0.1, -0.05) is 44.2 Å². The Balaban J connectivity index is 0.000000921. The highest BCUT2D eigenvalue weighted by molar-refractivity contribution is 5.77. The van der Waals surface area contributed by atoms with Crippen LogP contribution >= 0.6 is 0 Å². The van der Waals surface area contributed by atoms with Crippen LogP contribution in [0.15, 0.2) is 30.3 Å². The van der Waals surface area contributed by atoms with Crippen molar-refractivity contribution in [1.29, 1.82) is 0 Å². The van der Waals surface area contributed by atoms with Crippen molar-refractivity contribution in [2.75, 3.05) is 13.6 Å². The standard InChI is InChI=1S/C11H15NO.C2H6/c1-10(13)8-12(2)9-11-6-4-3-5-7-11;1-2/h3-7H,8-9H2,1-2H3;1-2H3. The highest BCUT2D eigenvalue weighted by Gasteiger charge is 2.01. The fourth-order valence-corrected chi connectivity index (χ4v) is 1.33. The number of likely N-dealkylation sites (N-methyl/N-ethyl adjacent to an activating group) is 1. The number of Topliss-reactive ketones (excluding diaryl/α,β-unsaturated/α-hetero) is 1. The fraction of sp³-hybridized carbons (Fsp3) is 0.462. The molecule has 0 radical (unpaired) electrons. The summed E-state index contributed by atoms with van der Waals surface area (Å²) in [5.74, 6) is 0.207. The molecule has 0 saturated carbocycles. The maximum Gasteiger partial charge on any atom is 0.143 e. The van der Waals surface area contributed by atoms with Crippen molar-refractivity contribution in [3.05, 3.63) is 35.9 Å². The molecule has 0 aliphatic carbocycles. The minimum atomic E-state index is 0.207. The molecule has 0 saturated heterocycles. The van der Waals surface area contributed by atoms with E-state index in [1.54, 1.807) is 6.92 Å². The second-order valence-electron chi connectivity index (χ2n) is 3.36. The second kappa shape index (κ2) is 8.18. The van der Waals surface area contributed by atoms with Gasteiger partial charge in [-0.15, -0.1) is 0 Å². The molecule has 0 aliphatic rings.